The van der Waals surface area contributed by atoms with Gasteiger partial charge in [-0.3, -0.25) is 4.99 Å². The number of aryl methyl sites for hydroxylation is 1. The Morgan fingerprint density at radius 2 is 1.96 bits per heavy atom. The Kier molecular flexibility index (Phi) is 12.9. The quantitative estimate of drug-likeness (QED) is 0.206. The van der Waals surface area contributed by atoms with Crippen LogP contribution in [0.2, 0.25) is 0 Å². The Balaban J connectivity index is 0.00000392. The Hall–Kier alpha value is -1.36. The lowest BCUT2D eigenvalue weighted by molar-refractivity contribution is 0.626. The van der Waals surface area contributed by atoms with Crippen molar-refractivity contribution in [2.45, 2.75) is 32.7 Å². The van der Waals surface area contributed by atoms with Crippen molar-refractivity contribution in [3.05, 3.63) is 47.8 Å². The first-order valence-corrected chi connectivity index (χ1v) is 10.7. The van der Waals surface area contributed by atoms with Crippen molar-refractivity contribution in [3.8, 4) is 0 Å². The van der Waals surface area contributed by atoms with Crippen molar-refractivity contribution in [1.82, 2.24) is 25.4 Å². The summed E-state index contributed by atoms with van der Waals surface area (Å²) in [5, 5.41) is 14.8. The molecule has 156 valence electrons. The maximum atomic E-state index is 13.0. The van der Waals surface area contributed by atoms with E-state index in [1.54, 1.807) is 6.33 Å². The minimum atomic E-state index is -0.204. The van der Waals surface area contributed by atoms with Gasteiger partial charge in [0.1, 0.15) is 18.0 Å². The summed E-state index contributed by atoms with van der Waals surface area (Å²) in [7, 11) is 0. The average Bonchev–Trinajstić information content (AvgIpc) is 3.14. The molecule has 0 saturated carbocycles. The van der Waals surface area contributed by atoms with Crippen LogP contribution in [-0.4, -0.2) is 52.4 Å². The molecule has 0 atom stereocenters. The van der Waals surface area contributed by atoms with Crippen LogP contribution in [0, 0.1) is 5.82 Å². The zero-order chi connectivity index (χ0) is 19.3. The van der Waals surface area contributed by atoms with Crippen molar-refractivity contribution in [1.29, 1.82) is 0 Å². The van der Waals surface area contributed by atoms with Crippen LogP contribution >= 0.6 is 35.7 Å². The zero-order valence-corrected chi connectivity index (χ0v) is 19.7. The number of nitrogens with one attached hydrogen (secondary N) is 2. The monoisotopic (exact) mass is 520 g/mol. The van der Waals surface area contributed by atoms with Gasteiger partial charge in [-0.2, -0.15) is 11.8 Å². The van der Waals surface area contributed by atoms with E-state index in [-0.39, 0.29) is 29.8 Å². The largest absolute Gasteiger partial charge is 0.356 e. The number of rotatable bonds is 11. The summed E-state index contributed by atoms with van der Waals surface area (Å²) in [6.45, 7) is 5.14. The zero-order valence-electron chi connectivity index (χ0n) is 16.5. The third kappa shape index (κ3) is 9.22. The number of hydrogen-bond acceptors (Lipinski definition) is 4. The predicted octanol–water partition coefficient (Wildman–Crippen LogP) is 3.13. The molecule has 1 aromatic carbocycles. The van der Waals surface area contributed by atoms with Gasteiger partial charge in [0.25, 0.3) is 0 Å². The van der Waals surface area contributed by atoms with Crippen molar-refractivity contribution in [2.24, 2.45) is 4.99 Å². The van der Waals surface area contributed by atoms with Gasteiger partial charge >= 0.3 is 0 Å². The van der Waals surface area contributed by atoms with E-state index in [9.17, 15) is 4.39 Å². The van der Waals surface area contributed by atoms with Gasteiger partial charge in [-0.25, -0.2) is 4.39 Å². The van der Waals surface area contributed by atoms with Gasteiger partial charge < -0.3 is 15.2 Å². The molecule has 1 heterocycles. The average molecular weight is 520 g/mol. The number of thioether (sulfide) groups is 1. The van der Waals surface area contributed by atoms with Gasteiger partial charge in [-0.1, -0.05) is 19.1 Å². The lowest BCUT2D eigenvalue weighted by atomic mass is 10.1. The van der Waals surface area contributed by atoms with Gasteiger partial charge in [-0.15, -0.1) is 34.2 Å². The maximum absolute atomic E-state index is 13.0. The number of benzene rings is 1. The van der Waals surface area contributed by atoms with Crippen LogP contribution in [0.15, 0.2) is 35.6 Å². The molecule has 0 aliphatic carbocycles. The van der Waals surface area contributed by atoms with Crippen LogP contribution in [0.1, 0.15) is 24.7 Å². The van der Waals surface area contributed by atoms with E-state index < -0.39 is 0 Å². The Labute approximate surface area is 188 Å². The van der Waals surface area contributed by atoms with E-state index in [0.29, 0.717) is 0 Å². The van der Waals surface area contributed by atoms with Crippen molar-refractivity contribution >= 4 is 41.7 Å². The first-order chi connectivity index (χ1) is 13.2. The number of hydrogen-bond donors (Lipinski definition) is 2. The molecule has 6 nitrogen and oxygen atoms in total. The second-order valence-electron chi connectivity index (χ2n) is 6.10. The molecule has 2 N–H and O–H groups in total. The highest BCUT2D eigenvalue weighted by Crippen LogP contribution is 2.03. The normalized spacial score (nSPS) is 11.2. The fourth-order valence-corrected chi connectivity index (χ4v) is 3.00. The Morgan fingerprint density at radius 3 is 2.68 bits per heavy atom. The lowest BCUT2D eigenvalue weighted by Crippen LogP contribution is -2.40. The van der Waals surface area contributed by atoms with E-state index in [1.807, 2.05) is 23.9 Å². The van der Waals surface area contributed by atoms with Crippen LogP contribution in [0.4, 0.5) is 4.39 Å². The van der Waals surface area contributed by atoms with Gasteiger partial charge in [0, 0.05) is 32.6 Å². The van der Waals surface area contributed by atoms with E-state index in [0.717, 1.165) is 68.5 Å². The molecule has 0 aliphatic rings. The molecule has 0 bridgehead atoms. The van der Waals surface area contributed by atoms with E-state index >= 15 is 0 Å². The Morgan fingerprint density at radius 1 is 1.21 bits per heavy atom. The number of nitrogens with zero attached hydrogens (tertiary/aromatic N) is 4. The molecule has 0 radical (unpaired) electrons. The summed E-state index contributed by atoms with van der Waals surface area (Å²) in [5.74, 6) is 2.70. The summed E-state index contributed by atoms with van der Waals surface area (Å²) in [6.07, 6.45) is 6.60. The van der Waals surface area contributed by atoms with Crippen molar-refractivity contribution < 1.29 is 4.39 Å². The molecule has 0 amide bonds. The van der Waals surface area contributed by atoms with Crippen molar-refractivity contribution in [2.75, 3.05) is 31.6 Å². The standard InChI is InChI=1S/C19H29FN6S.HI/c1-3-18-25-24-15-26(18)13-12-23-19(21-10-4-14-27-2)22-11-9-16-5-7-17(20)8-6-16;/h5-8,15H,3-4,9-14H2,1-2H3,(H2,21,22,23);1H. The SMILES string of the molecule is CCc1nncn1CCNC(=NCCCSC)NCCc1ccc(F)cc1.I. The number of halogens is 2. The Bertz CT molecular complexity index is 692. The van der Waals surface area contributed by atoms with Gasteiger partial charge in [0.05, 0.1) is 0 Å². The summed E-state index contributed by atoms with van der Waals surface area (Å²) in [6, 6.07) is 6.63. The number of guanidine groups is 1. The second kappa shape index (κ2) is 14.6. The fraction of sp³-hybridized carbons (Fsp3) is 0.526. The molecular weight excluding hydrogens is 490 g/mol. The van der Waals surface area contributed by atoms with E-state index in [4.69, 9.17) is 0 Å². The topological polar surface area (TPSA) is 67.1 Å². The van der Waals surface area contributed by atoms with Crippen molar-refractivity contribution in [3.63, 3.8) is 0 Å². The summed E-state index contributed by atoms with van der Waals surface area (Å²) >= 11 is 1.83. The molecule has 2 aromatic rings. The summed E-state index contributed by atoms with van der Waals surface area (Å²) in [5.41, 5.74) is 1.10. The molecule has 0 aliphatic heterocycles. The molecule has 0 saturated heterocycles. The van der Waals surface area contributed by atoms with Gasteiger partial charge in [0.2, 0.25) is 0 Å². The van der Waals surface area contributed by atoms with Crippen LogP contribution in [0.3, 0.4) is 0 Å². The predicted molar refractivity (Wildman–Crippen MR) is 126 cm³/mol. The molecular formula is C19H30FIN6S. The second-order valence-corrected chi connectivity index (χ2v) is 7.09. The van der Waals surface area contributed by atoms with E-state index in [2.05, 4.69) is 43.6 Å². The van der Waals surface area contributed by atoms with Gasteiger partial charge in [0.15, 0.2) is 5.96 Å². The highest BCUT2D eigenvalue weighted by molar-refractivity contribution is 14.0. The van der Waals surface area contributed by atoms with Gasteiger partial charge in [-0.05, 0) is 42.5 Å². The van der Waals surface area contributed by atoms with E-state index in [1.165, 1.54) is 12.1 Å². The molecule has 0 spiro atoms. The third-order valence-electron chi connectivity index (χ3n) is 4.05. The lowest BCUT2D eigenvalue weighted by Gasteiger charge is -2.13. The minimum Gasteiger partial charge on any atom is -0.356 e. The molecule has 0 unspecified atom stereocenters. The van der Waals surface area contributed by atoms with Crippen LogP contribution < -0.4 is 10.6 Å². The highest BCUT2D eigenvalue weighted by Gasteiger charge is 2.03. The molecule has 2 rings (SSSR count). The highest BCUT2D eigenvalue weighted by atomic mass is 127. The molecule has 28 heavy (non-hydrogen) atoms. The van der Waals surface area contributed by atoms with Crippen LogP contribution in [-0.2, 0) is 19.4 Å². The number of aromatic nitrogens is 3. The maximum Gasteiger partial charge on any atom is 0.191 e. The summed E-state index contributed by atoms with van der Waals surface area (Å²) in [4.78, 5) is 4.65. The smallest absolute Gasteiger partial charge is 0.191 e. The fourth-order valence-electron chi connectivity index (χ4n) is 2.58. The first kappa shape index (κ1) is 24.7. The van der Waals surface area contributed by atoms with Crippen LogP contribution in [0.5, 0.6) is 0 Å². The molecule has 9 heteroatoms. The summed E-state index contributed by atoms with van der Waals surface area (Å²) < 4.78 is 15.0. The molecule has 0 fully saturated rings. The number of aliphatic imine (C=N–C) groups is 1. The molecule has 1 aromatic heterocycles. The minimum absolute atomic E-state index is 0. The third-order valence-corrected chi connectivity index (χ3v) is 4.75. The first-order valence-electron chi connectivity index (χ1n) is 9.35. The van der Waals surface area contributed by atoms with Crippen LogP contribution in [0.25, 0.3) is 0 Å².